The van der Waals surface area contributed by atoms with Crippen molar-refractivity contribution in [3.63, 3.8) is 0 Å². The Kier molecular flexibility index (Phi) is 3.24. The standard InChI is InChI=1S/C13H18N4/c1-4-12-15-5-6-17(12)13-11(8-14)9(2)7-10(3)16-13/h5-7H,4,8,14H2,1-3H3. The van der Waals surface area contributed by atoms with Crippen LogP contribution in [-0.4, -0.2) is 14.5 Å². The summed E-state index contributed by atoms with van der Waals surface area (Å²) in [5.74, 6) is 1.93. The van der Waals surface area contributed by atoms with Gasteiger partial charge in [0.15, 0.2) is 0 Å². The highest BCUT2D eigenvalue weighted by Gasteiger charge is 2.11. The first-order valence-electron chi connectivity index (χ1n) is 5.87. The van der Waals surface area contributed by atoms with Crippen LogP contribution >= 0.6 is 0 Å². The van der Waals surface area contributed by atoms with Crippen molar-refractivity contribution in [1.29, 1.82) is 0 Å². The zero-order chi connectivity index (χ0) is 12.4. The van der Waals surface area contributed by atoms with Gasteiger partial charge in [0, 0.05) is 36.6 Å². The first-order valence-corrected chi connectivity index (χ1v) is 5.87. The van der Waals surface area contributed by atoms with E-state index in [0.29, 0.717) is 6.54 Å². The molecule has 0 saturated carbocycles. The van der Waals surface area contributed by atoms with Gasteiger partial charge in [0.1, 0.15) is 11.6 Å². The Balaban J connectivity index is 2.66. The summed E-state index contributed by atoms with van der Waals surface area (Å²) in [6.45, 7) is 6.65. The Morgan fingerprint density at radius 2 is 2.12 bits per heavy atom. The van der Waals surface area contributed by atoms with Gasteiger partial charge in [-0.1, -0.05) is 6.92 Å². The second-order valence-corrected chi connectivity index (χ2v) is 4.15. The number of nitrogens with two attached hydrogens (primary N) is 1. The number of hydrogen-bond acceptors (Lipinski definition) is 3. The Hall–Kier alpha value is -1.68. The molecule has 0 saturated heterocycles. The third-order valence-electron chi connectivity index (χ3n) is 2.92. The molecule has 0 aliphatic rings. The fourth-order valence-corrected chi connectivity index (χ4v) is 2.08. The van der Waals surface area contributed by atoms with Crippen molar-refractivity contribution in [1.82, 2.24) is 14.5 Å². The molecule has 0 bridgehead atoms. The lowest BCUT2D eigenvalue weighted by atomic mass is 10.1. The molecule has 4 nitrogen and oxygen atoms in total. The molecule has 0 aliphatic carbocycles. The van der Waals surface area contributed by atoms with Crippen molar-refractivity contribution in [2.75, 3.05) is 0 Å². The van der Waals surface area contributed by atoms with Crippen LogP contribution in [0.2, 0.25) is 0 Å². The number of pyridine rings is 1. The molecule has 0 aliphatic heterocycles. The zero-order valence-corrected chi connectivity index (χ0v) is 10.6. The van der Waals surface area contributed by atoms with Gasteiger partial charge in [-0.15, -0.1) is 0 Å². The fourth-order valence-electron chi connectivity index (χ4n) is 2.08. The Morgan fingerprint density at radius 1 is 1.35 bits per heavy atom. The zero-order valence-electron chi connectivity index (χ0n) is 10.6. The Labute approximate surface area is 102 Å². The minimum Gasteiger partial charge on any atom is -0.326 e. The summed E-state index contributed by atoms with van der Waals surface area (Å²) in [5.41, 5.74) is 9.10. The number of rotatable bonds is 3. The molecule has 0 radical (unpaired) electrons. The summed E-state index contributed by atoms with van der Waals surface area (Å²) in [5, 5.41) is 0. The van der Waals surface area contributed by atoms with E-state index in [0.717, 1.165) is 29.3 Å². The quantitative estimate of drug-likeness (QED) is 0.876. The van der Waals surface area contributed by atoms with Crippen molar-refractivity contribution in [3.05, 3.63) is 41.1 Å². The van der Waals surface area contributed by atoms with Crippen LogP contribution in [0.5, 0.6) is 0 Å². The van der Waals surface area contributed by atoms with Crippen LogP contribution in [0.15, 0.2) is 18.5 Å². The predicted molar refractivity (Wildman–Crippen MR) is 68.1 cm³/mol. The predicted octanol–water partition coefficient (Wildman–Crippen LogP) is 1.91. The van der Waals surface area contributed by atoms with Crippen LogP contribution in [0.1, 0.15) is 29.6 Å². The summed E-state index contributed by atoms with van der Waals surface area (Å²) in [6, 6.07) is 2.06. The molecule has 0 aromatic carbocycles. The fraction of sp³-hybridized carbons (Fsp3) is 0.385. The van der Waals surface area contributed by atoms with Gasteiger partial charge >= 0.3 is 0 Å². The second-order valence-electron chi connectivity index (χ2n) is 4.15. The van der Waals surface area contributed by atoms with E-state index >= 15 is 0 Å². The smallest absolute Gasteiger partial charge is 0.143 e. The SMILES string of the molecule is CCc1nccn1-c1nc(C)cc(C)c1CN. The molecule has 2 N–H and O–H groups in total. The molecule has 90 valence electrons. The van der Waals surface area contributed by atoms with Crippen LogP contribution in [0.4, 0.5) is 0 Å². The summed E-state index contributed by atoms with van der Waals surface area (Å²) < 4.78 is 2.03. The lowest BCUT2D eigenvalue weighted by Gasteiger charge is -2.13. The number of hydrogen-bond donors (Lipinski definition) is 1. The summed E-state index contributed by atoms with van der Waals surface area (Å²) in [6.07, 6.45) is 4.63. The van der Waals surface area contributed by atoms with Crippen molar-refractivity contribution in [2.24, 2.45) is 5.73 Å². The van der Waals surface area contributed by atoms with Crippen molar-refractivity contribution < 1.29 is 0 Å². The third-order valence-corrected chi connectivity index (χ3v) is 2.92. The van der Waals surface area contributed by atoms with E-state index < -0.39 is 0 Å². The Bertz CT molecular complexity index is 528. The highest BCUT2D eigenvalue weighted by Crippen LogP contribution is 2.18. The van der Waals surface area contributed by atoms with Crippen molar-refractivity contribution in [2.45, 2.75) is 33.7 Å². The molecule has 0 spiro atoms. The first-order chi connectivity index (χ1) is 8.17. The highest BCUT2D eigenvalue weighted by molar-refractivity contribution is 5.42. The van der Waals surface area contributed by atoms with Gasteiger partial charge in [-0.05, 0) is 25.5 Å². The lowest BCUT2D eigenvalue weighted by Crippen LogP contribution is -2.11. The van der Waals surface area contributed by atoms with E-state index in [2.05, 4.69) is 29.9 Å². The molecular weight excluding hydrogens is 212 g/mol. The average Bonchev–Trinajstić information content (AvgIpc) is 2.75. The molecule has 0 fully saturated rings. The highest BCUT2D eigenvalue weighted by atomic mass is 15.1. The van der Waals surface area contributed by atoms with Gasteiger partial charge in [-0.25, -0.2) is 9.97 Å². The molecule has 0 unspecified atom stereocenters. The third kappa shape index (κ3) is 2.08. The maximum Gasteiger partial charge on any atom is 0.143 e. The number of imidazole rings is 1. The molecule has 2 aromatic heterocycles. The van der Waals surface area contributed by atoms with Gasteiger partial charge in [-0.3, -0.25) is 4.57 Å². The second kappa shape index (κ2) is 4.67. The van der Waals surface area contributed by atoms with Gasteiger partial charge in [-0.2, -0.15) is 0 Å². The number of aromatic nitrogens is 3. The monoisotopic (exact) mass is 230 g/mol. The maximum atomic E-state index is 5.83. The topological polar surface area (TPSA) is 56.7 Å². The van der Waals surface area contributed by atoms with Crippen LogP contribution < -0.4 is 5.73 Å². The van der Waals surface area contributed by atoms with Gasteiger partial charge in [0.05, 0.1) is 0 Å². The minimum absolute atomic E-state index is 0.496. The molecule has 4 heteroatoms. The molecule has 2 heterocycles. The normalized spacial score (nSPS) is 10.8. The van der Waals surface area contributed by atoms with Crippen LogP contribution in [-0.2, 0) is 13.0 Å². The molecular formula is C13H18N4. The van der Waals surface area contributed by atoms with E-state index in [1.807, 2.05) is 17.7 Å². The molecule has 0 atom stereocenters. The van der Waals surface area contributed by atoms with Crippen LogP contribution in [0, 0.1) is 13.8 Å². The minimum atomic E-state index is 0.496. The maximum absolute atomic E-state index is 5.83. The van der Waals surface area contributed by atoms with E-state index in [9.17, 15) is 0 Å². The van der Waals surface area contributed by atoms with Gasteiger partial charge in [0.2, 0.25) is 0 Å². The summed E-state index contributed by atoms with van der Waals surface area (Å²) in [4.78, 5) is 8.93. The summed E-state index contributed by atoms with van der Waals surface area (Å²) >= 11 is 0. The first kappa shape index (κ1) is 11.8. The molecule has 2 aromatic rings. The van der Waals surface area contributed by atoms with E-state index in [1.54, 1.807) is 6.20 Å². The molecule has 17 heavy (non-hydrogen) atoms. The average molecular weight is 230 g/mol. The Morgan fingerprint density at radius 3 is 2.76 bits per heavy atom. The van der Waals surface area contributed by atoms with Crippen LogP contribution in [0.3, 0.4) is 0 Å². The van der Waals surface area contributed by atoms with E-state index in [4.69, 9.17) is 5.73 Å². The van der Waals surface area contributed by atoms with Crippen LogP contribution in [0.25, 0.3) is 5.82 Å². The summed E-state index contributed by atoms with van der Waals surface area (Å²) in [7, 11) is 0. The molecule has 0 amide bonds. The van der Waals surface area contributed by atoms with Gasteiger partial charge in [0.25, 0.3) is 0 Å². The number of nitrogens with zero attached hydrogens (tertiary/aromatic N) is 3. The largest absolute Gasteiger partial charge is 0.326 e. The van der Waals surface area contributed by atoms with E-state index in [1.165, 1.54) is 5.56 Å². The van der Waals surface area contributed by atoms with Gasteiger partial charge < -0.3 is 5.73 Å². The van der Waals surface area contributed by atoms with Crippen molar-refractivity contribution >= 4 is 0 Å². The number of aryl methyl sites for hydroxylation is 3. The molecule has 2 rings (SSSR count). The van der Waals surface area contributed by atoms with E-state index in [-0.39, 0.29) is 0 Å². The van der Waals surface area contributed by atoms with Crippen molar-refractivity contribution in [3.8, 4) is 5.82 Å². The lowest BCUT2D eigenvalue weighted by molar-refractivity contribution is 0.837.